The number of benzene rings is 1. The van der Waals surface area contributed by atoms with Crippen LogP contribution in [-0.2, 0) is 11.2 Å². The van der Waals surface area contributed by atoms with E-state index in [4.69, 9.17) is 10.5 Å². The fourth-order valence-electron chi connectivity index (χ4n) is 2.85. The Balaban J connectivity index is 1.95. The number of amides is 1. The minimum atomic E-state index is -0.658. The van der Waals surface area contributed by atoms with Gasteiger partial charge in [-0.25, -0.2) is 0 Å². The number of carbonyl (C=O) groups is 1. The molecule has 1 aromatic rings. The highest BCUT2D eigenvalue weighted by Gasteiger charge is 2.37. The van der Waals surface area contributed by atoms with E-state index in [1.54, 1.807) is 7.11 Å². The summed E-state index contributed by atoms with van der Waals surface area (Å²) in [6, 6.07) is 7.92. The molecule has 1 unspecified atom stereocenters. The maximum atomic E-state index is 12.3. The number of hydrogen-bond acceptors (Lipinski definition) is 3. The maximum absolute atomic E-state index is 12.3. The second-order valence-electron chi connectivity index (χ2n) is 5.75. The van der Waals surface area contributed by atoms with Gasteiger partial charge >= 0.3 is 0 Å². The van der Waals surface area contributed by atoms with Gasteiger partial charge in [-0.15, -0.1) is 0 Å². The number of rotatable bonds is 5. The van der Waals surface area contributed by atoms with Crippen molar-refractivity contribution in [1.82, 2.24) is 5.32 Å². The molecule has 3 N–H and O–H groups in total. The van der Waals surface area contributed by atoms with Gasteiger partial charge in [-0.2, -0.15) is 0 Å². The van der Waals surface area contributed by atoms with Gasteiger partial charge in [0.1, 0.15) is 5.75 Å². The van der Waals surface area contributed by atoms with E-state index in [9.17, 15) is 4.79 Å². The number of nitrogens with one attached hydrogen (secondary N) is 1. The SMILES string of the molecule is COc1ccccc1CC(C)NC(=O)C1(N)CCCC1. The van der Waals surface area contributed by atoms with Crippen molar-refractivity contribution in [1.29, 1.82) is 0 Å². The lowest BCUT2D eigenvalue weighted by molar-refractivity contribution is -0.126. The predicted molar refractivity (Wildman–Crippen MR) is 79.7 cm³/mol. The Kier molecular flexibility index (Phi) is 4.65. The van der Waals surface area contributed by atoms with Crippen molar-refractivity contribution >= 4 is 5.91 Å². The smallest absolute Gasteiger partial charge is 0.240 e. The van der Waals surface area contributed by atoms with Gasteiger partial charge in [-0.1, -0.05) is 31.0 Å². The fourth-order valence-corrected chi connectivity index (χ4v) is 2.85. The lowest BCUT2D eigenvalue weighted by Gasteiger charge is -2.25. The average molecular weight is 276 g/mol. The van der Waals surface area contributed by atoms with Crippen molar-refractivity contribution < 1.29 is 9.53 Å². The monoisotopic (exact) mass is 276 g/mol. The van der Waals surface area contributed by atoms with Crippen molar-refractivity contribution in [3.8, 4) is 5.75 Å². The summed E-state index contributed by atoms with van der Waals surface area (Å²) in [7, 11) is 1.66. The Hall–Kier alpha value is -1.55. The van der Waals surface area contributed by atoms with Crippen LogP contribution in [0.25, 0.3) is 0 Å². The first-order chi connectivity index (χ1) is 9.55. The molecule has 0 aromatic heterocycles. The Morgan fingerprint density at radius 1 is 1.40 bits per heavy atom. The quantitative estimate of drug-likeness (QED) is 0.864. The standard InChI is InChI=1S/C16H24N2O2/c1-12(11-13-7-3-4-8-14(13)20-2)18-15(19)16(17)9-5-6-10-16/h3-4,7-8,12H,5-6,9-11,17H2,1-2H3,(H,18,19). The van der Waals surface area contributed by atoms with E-state index >= 15 is 0 Å². The lowest BCUT2D eigenvalue weighted by Crippen LogP contribution is -2.54. The number of carbonyl (C=O) groups excluding carboxylic acids is 1. The molecule has 1 aromatic carbocycles. The van der Waals surface area contributed by atoms with Gasteiger partial charge in [-0.3, -0.25) is 4.79 Å². The molecule has 0 aliphatic heterocycles. The largest absolute Gasteiger partial charge is 0.496 e. The summed E-state index contributed by atoms with van der Waals surface area (Å²) >= 11 is 0. The summed E-state index contributed by atoms with van der Waals surface area (Å²) < 4.78 is 5.33. The van der Waals surface area contributed by atoms with E-state index in [1.165, 1.54) is 0 Å². The van der Waals surface area contributed by atoms with E-state index in [1.807, 2.05) is 31.2 Å². The molecule has 1 fully saturated rings. The fraction of sp³-hybridized carbons (Fsp3) is 0.562. The van der Waals surface area contributed by atoms with Crippen LogP contribution in [0.2, 0.25) is 0 Å². The number of para-hydroxylation sites is 1. The van der Waals surface area contributed by atoms with Gasteiger partial charge < -0.3 is 15.8 Å². The molecule has 1 amide bonds. The molecule has 1 atom stereocenters. The molecule has 0 bridgehead atoms. The van der Waals surface area contributed by atoms with Crippen LogP contribution in [0, 0.1) is 0 Å². The van der Waals surface area contributed by atoms with Gasteiger partial charge in [0.15, 0.2) is 0 Å². The van der Waals surface area contributed by atoms with Crippen molar-refractivity contribution in [3.05, 3.63) is 29.8 Å². The summed E-state index contributed by atoms with van der Waals surface area (Å²) in [5, 5.41) is 3.04. The van der Waals surface area contributed by atoms with Gasteiger partial charge in [0, 0.05) is 6.04 Å². The van der Waals surface area contributed by atoms with Crippen molar-refractivity contribution in [3.63, 3.8) is 0 Å². The summed E-state index contributed by atoms with van der Waals surface area (Å²) in [6.07, 6.45) is 4.42. The van der Waals surface area contributed by atoms with Crippen LogP contribution < -0.4 is 15.8 Å². The van der Waals surface area contributed by atoms with Gasteiger partial charge in [0.2, 0.25) is 5.91 Å². The average Bonchev–Trinajstić information content (AvgIpc) is 2.87. The van der Waals surface area contributed by atoms with E-state index in [2.05, 4.69) is 5.32 Å². The number of nitrogens with two attached hydrogens (primary N) is 1. The number of methoxy groups -OCH3 is 1. The molecule has 0 spiro atoms. The highest BCUT2D eigenvalue weighted by Crippen LogP contribution is 2.27. The van der Waals surface area contributed by atoms with Crippen molar-refractivity contribution in [2.45, 2.75) is 50.6 Å². The van der Waals surface area contributed by atoms with E-state index < -0.39 is 5.54 Å². The van der Waals surface area contributed by atoms with Gasteiger partial charge in [0.05, 0.1) is 12.6 Å². The molecule has 4 heteroatoms. The topological polar surface area (TPSA) is 64.3 Å². The Morgan fingerprint density at radius 3 is 2.70 bits per heavy atom. The first-order valence-electron chi connectivity index (χ1n) is 7.27. The molecule has 20 heavy (non-hydrogen) atoms. The normalized spacial score (nSPS) is 18.6. The van der Waals surface area contributed by atoms with Gasteiger partial charge in [-0.05, 0) is 37.8 Å². The highest BCUT2D eigenvalue weighted by molar-refractivity contribution is 5.86. The third-order valence-electron chi connectivity index (χ3n) is 4.04. The summed E-state index contributed by atoms with van der Waals surface area (Å²) in [4.78, 5) is 12.3. The second kappa shape index (κ2) is 6.27. The number of hydrogen-bond donors (Lipinski definition) is 2. The first kappa shape index (κ1) is 14.9. The zero-order valence-corrected chi connectivity index (χ0v) is 12.3. The lowest BCUT2D eigenvalue weighted by atomic mass is 9.97. The highest BCUT2D eigenvalue weighted by atomic mass is 16.5. The van der Waals surface area contributed by atoms with Crippen LogP contribution in [0.3, 0.4) is 0 Å². The molecule has 4 nitrogen and oxygen atoms in total. The van der Waals surface area contributed by atoms with E-state index in [0.717, 1.165) is 43.4 Å². The molecule has 0 saturated heterocycles. The van der Waals surface area contributed by atoms with E-state index in [0.29, 0.717) is 0 Å². The van der Waals surface area contributed by atoms with Crippen molar-refractivity contribution in [2.75, 3.05) is 7.11 Å². The summed E-state index contributed by atoms with van der Waals surface area (Å²) in [6.45, 7) is 2.00. The molecule has 110 valence electrons. The minimum Gasteiger partial charge on any atom is -0.496 e. The molecule has 1 saturated carbocycles. The Morgan fingerprint density at radius 2 is 2.05 bits per heavy atom. The Labute approximate surface area is 120 Å². The first-order valence-corrected chi connectivity index (χ1v) is 7.27. The summed E-state index contributed by atoms with van der Waals surface area (Å²) in [5.41, 5.74) is 6.60. The molecular formula is C16H24N2O2. The zero-order valence-electron chi connectivity index (χ0n) is 12.3. The van der Waals surface area contributed by atoms with Crippen LogP contribution in [0.5, 0.6) is 5.75 Å². The molecular weight excluding hydrogens is 252 g/mol. The Bertz CT molecular complexity index is 467. The molecule has 2 rings (SSSR count). The number of ether oxygens (including phenoxy) is 1. The predicted octanol–water partition coefficient (Wildman–Crippen LogP) is 2.01. The van der Waals surface area contributed by atoms with Crippen LogP contribution in [0.1, 0.15) is 38.2 Å². The van der Waals surface area contributed by atoms with Crippen LogP contribution in [-0.4, -0.2) is 24.6 Å². The third-order valence-corrected chi connectivity index (χ3v) is 4.04. The molecule has 1 aliphatic carbocycles. The molecule has 0 heterocycles. The van der Waals surface area contributed by atoms with Crippen LogP contribution in [0.15, 0.2) is 24.3 Å². The third kappa shape index (κ3) is 3.31. The molecule has 0 radical (unpaired) electrons. The van der Waals surface area contributed by atoms with Crippen molar-refractivity contribution in [2.24, 2.45) is 5.73 Å². The minimum absolute atomic E-state index is 0.0163. The van der Waals surface area contributed by atoms with E-state index in [-0.39, 0.29) is 11.9 Å². The molecule has 1 aliphatic rings. The maximum Gasteiger partial charge on any atom is 0.240 e. The zero-order chi connectivity index (χ0) is 14.6. The summed E-state index contributed by atoms with van der Waals surface area (Å²) in [5.74, 6) is 0.842. The van der Waals surface area contributed by atoms with Gasteiger partial charge in [0.25, 0.3) is 0 Å². The van der Waals surface area contributed by atoms with Crippen LogP contribution >= 0.6 is 0 Å². The van der Waals surface area contributed by atoms with Crippen LogP contribution in [0.4, 0.5) is 0 Å². The second-order valence-corrected chi connectivity index (χ2v) is 5.75.